The Morgan fingerprint density at radius 3 is 2.52 bits per heavy atom. The van der Waals surface area contributed by atoms with Gasteiger partial charge in [-0.1, -0.05) is 49.7 Å². The van der Waals surface area contributed by atoms with E-state index >= 15 is 0 Å². The Morgan fingerprint density at radius 1 is 1.17 bits per heavy atom. The van der Waals surface area contributed by atoms with Gasteiger partial charge < -0.3 is 11.1 Å². The first-order valence-electron chi connectivity index (χ1n) is 7.81. The third-order valence-corrected chi connectivity index (χ3v) is 3.80. The van der Waals surface area contributed by atoms with Crippen LogP contribution in [0.4, 0.5) is 5.69 Å². The van der Waals surface area contributed by atoms with Crippen molar-refractivity contribution < 1.29 is 4.79 Å². The highest BCUT2D eigenvalue weighted by atomic mass is 35.5. The van der Waals surface area contributed by atoms with Gasteiger partial charge >= 0.3 is 0 Å². The van der Waals surface area contributed by atoms with E-state index in [4.69, 9.17) is 5.73 Å². The second kappa shape index (κ2) is 9.21. The summed E-state index contributed by atoms with van der Waals surface area (Å²) < 4.78 is 0. The largest absolute Gasteiger partial charge is 0.399 e. The summed E-state index contributed by atoms with van der Waals surface area (Å²) >= 11 is 0. The molecule has 2 aromatic carbocycles. The van der Waals surface area contributed by atoms with Crippen LogP contribution >= 0.6 is 12.4 Å². The maximum atomic E-state index is 12.5. The first-order chi connectivity index (χ1) is 10.6. The number of nitrogen functional groups attached to an aromatic ring is 1. The Morgan fingerprint density at radius 2 is 1.87 bits per heavy atom. The number of rotatable bonds is 6. The third-order valence-electron chi connectivity index (χ3n) is 3.80. The third kappa shape index (κ3) is 5.61. The zero-order valence-electron chi connectivity index (χ0n) is 13.7. The molecule has 1 unspecified atom stereocenters. The van der Waals surface area contributed by atoms with Gasteiger partial charge in [0.25, 0.3) is 5.91 Å². The van der Waals surface area contributed by atoms with Crippen molar-refractivity contribution >= 4 is 24.0 Å². The first-order valence-corrected chi connectivity index (χ1v) is 7.81. The van der Waals surface area contributed by atoms with E-state index < -0.39 is 0 Å². The van der Waals surface area contributed by atoms with Crippen molar-refractivity contribution in [1.82, 2.24) is 5.32 Å². The van der Waals surface area contributed by atoms with Gasteiger partial charge in [-0.05, 0) is 43.0 Å². The van der Waals surface area contributed by atoms with Gasteiger partial charge in [0.05, 0.1) is 0 Å². The van der Waals surface area contributed by atoms with Gasteiger partial charge in [0.2, 0.25) is 0 Å². The number of amides is 1. The number of nitrogens with one attached hydrogen (secondary N) is 1. The molecule has 3 nitrogen and oxygen atoms in total. The summed E-state index contributed by atoms with van der Waals surface area (Å²) in [4.78, 5) is 12.5. The van der Waals surface area contributed by atoms with Crippen LogP contribution in [-0.4, -0.2) is 11.9 Å². The number of hydrogen-bond donors (Lipinski definition) is 2. The zero-order valence-corrected chi connectivity index (χ0v) is 14.5. The van der Waals surface area contributed by atoms with Gasteiger partial charge in [-0.15, -0.1) is 12.4 Å². The average Bonchev–Trinajstić information content (AvgIpc) is 2.51. The standard InChI is InChI=1S/C19H24N2O.ClH/c1-3-7-17(12-15-8-5-4-6-9-15)21-19(22)18-13-16(20)11-10-14(18)2;/h4-6,8-11,13,17H,3,7,12,20H2,1-2H3,(H,21,22);1H. The predicted octanol–water partition coefficient (Wildman–Crippen LogP) is 4.14. The van der Waals surface area contributed by atoms with Crippen LogP contribution in [0.1, 0.15) is 41.3 Å². The fourth-order valence-corrected chi connectivity index (χ4v) is 2.62. The number of halogens is 1. The lowest BCUT2D eigenvalue weighted by Crippen LogP contribution is -2.36. The molecule has 4 heteroatoms. The van der Waals surface area contributed by atoms with Crippen LogP contribution in [0.15, 0.2) is 48.5 Å². The van der Waals surface area contributed by atoms with Gasteiger partial charge in [-0.3, -0.25) is 4.79 Å². The summed E-state index contributed by atoms with van der Waals surface area (Å²) in [6.07, 6.45) is 2.84. The van der Waals surface area contributed by atoms with Crippen molar-refractivity contribution in [2.75, 3.05) is 5.73 Å². The number of carbonyl (C=O) groups excluding carboxylic acids is 1. The highest BCUT2D eigenvalue weighted by molar-refractivity contribution is 5.96. The van der Waals surface area contributed by atoms with Gasteiger partial charge in [0.1, 0.15) is 0 Å². The Bertz CT molecular complexity index is 629. The molecule has 0 radical (unpaired) electrons. The van der Waals surface area contributed by atoms with Crippen LogP contribution in [0.25, 0.3) is 0 Å². The summed E-state index contributed by atoms with van der Waals surface area (Å²) in [6.45, 7) is 4.07. The van der Waals surface area contributed by atoms with Gasteiger partial charge in [-0.25, -0.2) is 0 Å². The lowest BCUT2D eigenvalue weighted by atomic mass is 10.0. The second-order valence-corrected chi connectivity index (χ2v) is 5.72. The van der Waals surface area contributed by atoms with E-state index in [1.54, 1.807) is 6.07 Å². The number of nitrogens with two attached hydrogens (primary N) is 1. The smallest absolute Gasteiger partial charge is 0.251 e. The van der Waals surface area contributed by atoms with E-state index in [-0.39, 0.29) is 24.4 Å². The van der Waals surface area contributed by atoms with E-state index in [2.05, 4.69) is 24.4 Å². The van der Waals surface area contributed by atoms with Crippen molar-refractivity contribution in [3.05, 3.63) is 65.2 Å². The maximum absolute atomic E-state index is 12.5. The molecule has 1 atom stereocenters. The number of benzene rings is 2. The highest BCUT2D eigenvalue weighted by Gasteiger charge is 2.15. The minimum Gasteiger partial charge on any atom is -0.399 e. The SMILES string of the molecule is CCCC(Cc1ccccc1)NC(=O)c1cc(N)ccc1C.Cl. The molecule has 0 heterocycles. The Hall–Kier alpha value is -2.00. The molecular formula is C19H25ClN2O. The molecule has 0 aliphatic carbocycles. The monoisotopic (exact) mass is 332 g/mol. The normalized spacial score (nSPS) is 11.4. The minimum absolute atomic E-state index is 0. The number of hydrogen-bond acceptors (Lipinski definition) is 2. The quantitative estimate of drug-likeness (QED) is 0.781. The molecule has 0 aromatic heterocycles. The number of aryl methyl sites for hydroxylation is 1. The van der Waals surface area contributed by atoms with Crippen molar-refractivity contribution in [2.24, 2.45) is 0 Å². The van der Waals surface area contributed by atoms with Gasteiger partial charge in [0, 0.05) is 17.3 Å². The van der Waals surface area contributed by atoms with Gasteiger partial charge in [-0.2, -0.15) is 0 Å². The molecule has 2 rings (SSSR count). The van der Waals surface area contributed by atoms with Crippen LogP contribution in [0.3, 0.4) is 0 Å². The van der Waals surface area contributed by atoms with E-state index in [1.807, 2.05) is 37.3 Å². The molecule has 3 N–H and O–H groups in total. The van der Waals surface area contributed by atoms with Crippen LogP contribution < -0.4 is 11.1 Å². The molecule has 0 spiro atoms. The topological polar surface area (TPSA) is 55.1 Å². The molecule has 0 aliphatic heterocycles. The summed E-state index contributed by atoms with van der Waals surface area (Å²) in [5.41, 5.74) is 9.26. The predicted molar refractivity (Wildman–Crippen MR) is 99.1 cm³/mol. The fourth-order valence-electron chi connectivity index (χ4n) is 2.62. The molecule has 0 bridgehead atoms. The van der Waals surface area contributed by atoms with Crippen molar-refractivity contribution in [2.45, 2.75) is 39.2 Å². The molecule has 0 aliphatic rings. The Balaban J connectivity index is 0.00000264. The van der Waals surface area contributed by atoms with Crippen LogP contribution in [0.5, 0.6) is 0 Å². The molecule has 124 valence electrons. The number of anilines is 1. The summed E-state index contributed by atoms with van der Waals surface area (Å²) in [5.74, 6) is -0.0424. The lowest BCUT2D eigenvalue weighted by molar-refractivity contribution is 0.0934. The molecule has 1 amide bonds. The van der Waals surface area contributed by atoms with Crippen molar-refractivity contribution in [3.8, 4) is 0 Å². The zero-order chi connectivity index (χ0) is 15.9. The van der Waals surface area contributed by atoms with Crippen molar-refractivity contribution in [1.29, 1.82) is 0 Å². The molecular weight excluding hydrogens is 308 g/mol. The molecule has 2 aromatic rings. The van der Waals surface area contributed by atoms with Crippen molar-refractivity contribution in [3.63, 3.8) is 0 Å². The van der Waals surface area contributed by atoms with Crippen LogP contribution in [0, 0.1) is 6.92 Å². The van der Waals surface area contributed by atoms with Gasteiger partial charge in [0.15, 0.2) is 0 Å². The summed E-state index contributed by atoms with van der Waals surface area (Å²) in [6, 6.07) is 15.9. The Labute approximate surface area is 144 Å². The molecule has 0 fully saturated rings. The number of carbonyl (C=O) groups is 1. The lowest BCUT2D eigenvalue weighted by Gasteiger charge is -2.19. The van der Waals surface area contributed by atoms with E-state index in [0.717, 1.165) is 24.8 Å². The average molecular weight is 333 g/mol. The summed E-state index contributed by atoms with van der Waals surface area (Å²) in [5, 5.41) is 3.16. The van der Waals surface area contributed by atoms with Crippen LogP contribution in [0.2, 0.25) is 0 Å². The summed E-state index contributed by atoms with van der Waals surface area (Å²) in [7, 11) is 0. The Kier molecular flexibility index (Phi) is 7.63. The second-order valence-electron chi connectivity index (χ2n) is 5.72. The maximum Gasteiger partial charge on any atom is 0.251 e. The minimum atomic E-state index is -0.0424. The van der Waals surface area contributed by atoms with E-state index in [1.165, 1.54) is 5.56 Å². The molecule has 0 saturated carbocycles. The van der Waals surface area contributed by atoms with Crippen LogP contribution in [-0.2, 0) is 6.42 Å². The molecule has 23 heavy (non-hydrogen) atoms. The molecule has 0 saturated heterocycles. The first kappa shape index (κ1) is 19.0. The fraction of sp³-hybridized carbons (Fsp3) is 0.316. The highest BCUT2D eigenvalue weighted by Crippen LogP contribution is 2.14. The van der Waals surface area contributed by atoms with E-state index in [0.29, 0.717) is 11.3 Å². The van der Waals surface area contributed by atoms with E-state index in [9.17, 15) is 4.79 Å².